The molecule has 460 valence electrons. The van der Waals surface area contributed by atoms with Crippen molar-refractivity contribution in [2.75, 3.05) is 37.0 Å². The second-order valence-electron chi connectivity index (χ2n) is 28.6. The van der Waals surface area contributed by atoms with Crippen molar-refractivity contribution in [2.45, 2.75) is 116 Å². The first-order valence-corrected chi connectivity index (χ1v) is 34.0. The molecular weight excluding hydrogens is 1110 g/mol. The quantitative estimate of drug-likeness (QED) is 0.0627. The Bertz CT molecular complexity index is 4440. The van der Waals surface area contributed by atoms with E-state index >= 15 is 0 Å². The van der Waals surface area contributed by atoms with Crippen molar-refractivity contribution in [3.05, 3.63) is 300 Å². The van der Waals surface area contributed by atoms with E-state index < -0.39 is 0 Å². The van der Waals surface area contributed by atoms with E-state index in [-0.39, 0.29) is 21.7 Å². The van der Waals surface area contributed by atoms with E-state index in [1.165, 1.54) is 122 Å². The van der Waals surface area contributed by atoms with Crippen LogP contribution in [0.25, 0.3) is 43.1 Å². The molecule has 0 aliphatic carbocycles. The van der Waals surface area contributed by atoms with Crippen molar-refractivity contribution >= 4 is 77.3 Å². The number of hydrogen-bond donors (Lipinski definition) is 0. The van der Waals surface area contributed by atoms with Crippen LogP contribution in [0.1, 0.15) is 114 Å². The van der Waals surface area contributed by atoms with E-state index in [0.717, 1.165) is 51.6 Å². The Morgan fingerprint density at radius 1 is 0.370 bits per heavy atom. The number of likely N-dealkylation sites (N-methyl/N-ethyl adjacent to an activating group) is 2. The van der Waals surface area contributed by atoms with Gasteiger partial charge in [-0.3, -0.25) is 0 Å². The van der Waals surface area contributed by atoms with E-state index in [1.54, 1.807) is 0 Å². The van der Waals surface area contributed by atoms with E-state index in [9.17, 15) is 0 Å². The summed E-state index contributed by atoms with van der Waals surface area (Å²) >= 11 is 0. The van der Waals surface area contributed by atoms with Gasteiger partial charge in [-0.05, 0) is 167 Å². The standard InChI is InChI=1S/C88H90N4/c1-61(2)53-57-91-75-51-47-67-35-19-23-39-71(67)83(75)87(7,59-63-29-13-11-14-30-63)79(91)43-27-41-77-85(5,81-69-37-21-17-33-65(69)45-49-73(81)89(77)9)55-25-26-56-86(6)78(90(10)74-50-46-66-34-18-22-38-70(66)82(74)86)42-28-44-80-88(8,60-64-31-15-12-16-32-64)84-72-40-24-20-36-68(72)48-52-76(84)92(80)58-54-62(3)4/h11-52,61-62H,53-60H2,1-10H3/q+2/b26-25-. The maximum atomic E-state index is 2.67. The molecule has 10 aromatic carbocycles. The molecule has 4 heterocycles. The fourth-order valence-corrected chi connectivity index (χ4v) is 17.0. The number of anilines is 2. The van der Waals surface area contributed by atoms with Crippen LogP contribution in [0, 0.1) is 11.8 Å². The average molecular weight is 1200 g/mol. The van der Waals surface area contributed by atoms with Gasteiger partial charge in [0.2, 0.25) is 11.4 Å². The SMILES string of the molecule is CC(C)CC[N+]1=C(/C=C/C=C2/N(C)c3ccc4ccccc4c3C2(C)C/C=C\CC2(C)/C(=C\C=C\C3=[N+](CCC(C)C)c4ccc5ccccc5c4C3(C)Cc3ccccc3)N(C)c3ccc4ccccc4c32)C(C)(Cc2ccccc2)c2c1ccc1ccccc21. The highest BCUT2D eigenvalue weighted by molar-refractivity contribution is 6.10. The lowest BCUT2D eigenvalue weighted by atomic mass is 9.72. The minimum absolute atomic E-state index is 0.277. The molecule has 4 aliphatic rings. The topological polar surface area (TPSA) is 12.5 Å². The molecule has 10 aromatic rings. The van der Waals surface area contributed by atoms with Crippen molar-refractivity contribution in [2.24, 2.45) is 11.8 Å². The number of rotatable bonds is 18. The normalized spacial score (nSPS) is 22.1. The largest absolute Gasteiger partial charge is 0.347 e. The number of allylic oxidation sites excluding steroid dienone is 10. The Kier molecular flexibility index (Phi) is 15.9. The van der Waals surface area contributed by atoms with Gasteiger partial charge >= 0.3 is 0 Å². The molecular formula is C88H90N4+2. The molecule has 0 saturated carbocycles. The van der Waals surface area contributed by atoms with Crippen molar-refractivity contribution in [1.29, 1.82) is 0 Å². The van der Waals surface area contributed by atoms with E-state index in [4.69, 9.17) is 0 Å². The fourth-order valence-electron chi connectivity index (χ4n) is 17.0. The average Bonchev–Trinajstić information content (AvgIpc) is 1.67. The lowest BCUT2D eigenvalue weighted by Crippen LogP contribution is -2.34. The monoisotopic (exact) mass is 1200 g/mol. The van der Waals surface area contributed by atoms with Crippen molar-refractivity contribution in [3.63, 3.8) is 0 Å². The second kappa shape index (κ2) is 24.2. The van der Waals surface area contributed by atoms with Crippen LogP contribution in [0.15, 0.2) is 266 Å². The highest BCUT2D eigenvalue weighted by atomic mass is 15.2. The number of fused-ring (bicyclic) bond motifs is 12. The zero-order chi connectivity index (χ0) is 63.5. The van der Waals surface area contributed by atoms with E-state index in [0.29, 0.717) is 11.8 Å². The summed E-state index contributed by atoms with van der Waals surface area (Å²) in [6.07, 6.45) is 25.4. The highest BCUT2D eigenvalue weighted by Gasteiger charge is 2.51. The van der Waals surface area contributed by atoms with Gasteiger partial charge in [0.1, 0.15) is 13.1 Å². The van der Waals surface area contributed by atoms with Crippen molar-refractivity contribution in [1.82, 2.24) is 0 Å². The summed E-state index contributed by atoms with van der Waals surface area (Å²) in [6, 6.07) is 77.3. The fraction of sp³-hybridized carbons (Fsp3) is 0.273. The van der Waals surface area contributed by atoms with Gasteiger partial charge in [0.25, 0.3) is 0 Å². The van der Waals surface area contributed by atoms with Crippen LogP contribution >= 0.6 is 0 Å². The Balaban J connectivity index is 0.858. The maximum absolute atomic E-state index is 2.67. The third kappa shape index (κ3) is 10.3. The number of nitrogens with zero attached hydrogens (tertiary/aromatic N) is 4. The van der Waals surface area contributed by atoms with Gasteiger partial charge < -0.3 is 9.80 Å². The minimum Gasteiger partial charge on any atom is -0.347 e. The molecule has 4 aliphatic heterocycles. The molecule has 0 fully saturated rings. The van der Waals surface area contributed by atoms with Crippen LogP contribution in [0.3, 0.4) is 0 Å². The molecule has 4 nitrogen and oxygen atoms in total. The van der Waals surface area contributed by atoms with Gasteiger partial charge in [-0.1, -0.05) is 222 Å². The van der Waals surface area contributed by atoms with Crippen LogP contribution in [-0.2, 0) is 34.5 Å². The van der Waals surface area contributed by atoms with Gasteiger partial charge in [0.15, 0.2) is 11.4 Å². The first-order chi connectivity index (χ1) is 44.6. The molecule has 0 amide bonds. The lowest BCUT2D eigenvalue weighted by molar-refractivity contribution is -0.439. The summed E-state index contributed by atoms with van der Waals surface area (Å²) in [5.74, 6) is 1.14. The number of hydrogen-bond acceptors (Lipinski definition) is 2. The van der Waals surface area contributed by atoms with Crippen molar-refractivity contribution < 1.29 is 9.15 Å². The second-order valence-corrected chi connectivity index (χ2v) is 28.6. The van der Waals surface area contributed by atoms with Gasteiger partial charge in [-0.25, -0.2) is 0 Å². The van der Waals surface area contributed by atoms with Crippen LogP contribution in [0.2, 0.25) is 0 Å². The zero-order valence-corrected chi connectivity index (χ0v) is 55.8. The van der Waals surface area contributed by atoms with Crippen LogP contribution in [0.5, 0.6) is 0 Å². The highest BCUT2D eigenvalue weighted by Crippen LogP contribution is 2.56. The molecule has 0 N–H and O–H groups in total. The molecule has 0 spiro atoms. The molecule has 0 radical (unpaired) electrons. The molecule has 0 bridgehead atoms. The zero-order valence-electron chi connectivity index (χ0n) is 55.8. The summed E-state index contributed by atoms with van der Waals surface area (Å²) in [5.41, 5.74) is 17.7. The Hall–Kier alpha value is -9.12. The van der Waals surface area contributed by atoms with Gasteiger partial charge in [0, 0.05) is 95.9 Å². The molecule has 4 unspecified atom stereocenters. The smallest absolute Gasteiger partial charge is 0.210 e. The van der Waals surface area contributed by atoms with Crippen LogP contribution in [-0.4, -0.2) is 47.8 Å². The van der Waals surface area contributed by atoms with Gasteiger partial charge in [-0.15, -0.1) is 0 Å². The summed E-state index contributed by atoms with van der Waals surface area (Å²) in [5, 5.41) is 10.5. The molecule has 0 saturated heterocycles. The Morgan fingerprint density at radius 3 is 1.05 bits per heavy atom. The summed E-state index contributed by atoms with van der Waals surface area (Å²) in [6.45, 7) is 21.4. The predicted octanol–water partition coefficient (Wildman–Crippen LogP) is 21.3. The third-order valence-corrected chi connectivity index (χ3v) is 21.6. The Morgan fingerprint density at radius 2 is 0.696 bits per heavy atom. The minimum atomic E-state index is -0.343. The third-order valence-electron chi connectivity index (χ3n) is 21.6. The first-order valence-electron chi connectivity index (χ1n) is 34.0. The molecule has 0 aromatic heterocycles. The summed E-state index contributed by atoms with van der Waals surface area (Å²) < 4.78 is 5.34. The number of benzene rings is 10. The van der Waals surface area contributed by atoms with Crippen molar-refractivity contribution in [3.8, 4) is 0 Å². The van der Waals surface area contributed by atoms with E-state index in [2.05, 4.69) is 343 Å². The molecule has 14 rings (SSSR count). The van der Waals surface area contributed by atoms with Gasteiger partial charge in [-0.2, -0.15) is 9.15 Å². The molecule has 4 heteroatoms. The maximum Gasteiger partial charge on any atom is 0.210 e. The predicted molar refractivity (Wildman–Crippen MR) is 394 cm³/mol. The molecule has 4 atom stereocenters. The summed E-state index contributed by atoms with van der Waals surface area (Å²) in [4.78, 5) is 4.98. The summed E-state index contributed by atoms with van der Waals surface area (Å²) in [7, 11) is 4.59. The van der Waals surface area contributed by atoms with Gasteiger partial charge in [0.05, 0.1) is 10.8 Å². The van der Waals surface area contributed by atoms with E-state index in [1.807, 2.05) is 0 Å². The first kappa shape index (κ1) is 60.4. The Labute approximate surface area is 547 Å². The van der Waals surface area contributed by atoms with Crippen LogP contribution in [0.4, 0.5) is 22.7 Å². The lowest BCUT2D eigenvalue weighted by Gasteiger charge is -2.30. The van der Waals surface area contributed by atoms with Crippen LogP contribution < -0.4 is 9.80 Å². The molecule has 92 heavy (non-hydrogen) atoms.